The summed E-state index contributed by atoms with van der Waals surface area (Å²) in [6.45, 7) is 1.87. The minimum Gasteiger partial charge on any atom is -0.325 e. The maximum Gasteiger partial charge on any atom is 0.321 e. The number of likely N-dealkylation sites (tertiary alicyclic amines) is 1. The number of carbonyl (C=O) groups excluding carboxylic acids is 1. The van der Waals surface area contributed by atoms with Crippen molar-refractivity contribution >= 4 is 21.7 Å². The molecule has 7 heteroatoms. The lowest BCUT2D eigenvalue weighted by atomic mass is 10.2. The Kier molecular flexibility index (Phi) is 5.90. The van der Waals surface area contributed by atoms with Gasteiger partial charge in [0.1, 0.15) is 0 Å². The van der Waals surface area contributed by atoms with Gasteiger partial charge < -0.3 is 10.2 Å². The van der Waals surface area contributed by atoms with Gasteiger partial charge in [-0.15, -0.1) is 0 Å². The number of anilines is 1. The van der Waals surface area contributed by atoms with Crippen LogP contribution in [0.25, 0.3) is 0 Å². The molecule has 2 aromatic rings. The average Bonchev–Trinajstić information content (AvgIpc) is 3.18. The third-order valence-electron chi connectivity index (χ3n) is 4.36. The fraction of sp³-hybridized carbons (Fsp3) is 0.316. The Morgan fingerprint density at radius 1 is 0.962 bits per heavy atom. The van der Waals surface area contributed by atoms with Gasteiger partial charge in [0.15, 0.2) is 0 Å². The predicted octanol–water partition coefficient (Wildman–Crippen LogP) is 2.84. The molecule has 1 heterocycles. The van der Waals surface area contributed by atoms with Gasteiger partial charge in [0, 0.05) is 25.3 Å². The molecule has 0 atom stereocenters. The zero-order valence-corrected chi connectivity index (χ0v) is 15.3. The second-order valence-electron chi connectivity index (χ2n) is 6.28. The summed E-state index contributed by atoms with van der Waals surface area (Å²) in [4.78, 5) is 14.0. The van der Waals surface area contributed by atoms with Gasteiger partial charge in [-0.25, -0.2) is 17.9 Å². The summed E-state index contributed by atoms with van der Waals surface area (Å²) in [5.74, 6) is 0. The standard InChI is InChI=1S/C19H23N3O3S/c23-19(22-14-4-5-15-22)21-17-8-10-18(11-9-17)26(24,25)20-13-12-16-6-2-1-3-7-16/h1-3,6-11,20H,4-5,12-15H2,(H,21,23). The molecule has 2 amide bonds. The highest BCUT2D eigenvalue weighted by atomic mass is 32.2. The van der Waals surface area contributed by atoms with Crippen molar-refractivity contribution in [3.63, 3.8) is 0 Å². The summed E-state index contributed by atoms with van der Waals surface area (Å²) in [5.41, 5.74) is 1.67. The van der Waals surface area contributed by atoms with Gasteiger partial charge in [-0.3, -0.25) is 0 Å². The molecule has 2 N–H and O–H groups in total. The van der Waals surface area contributed by atoms with Crippen LogP contribution in [0.3, 0.4) is 0 Å². The maximum atomic E-state index is 12.4. The van der Waals surface area contributed by atoms with Crippen molar-refractivity contribution in [2.75, 3.05) is 25.0 Å². The second-order valence-corrected chi connectivity index (χ2v) is 8.05. The third kappa shape index (κ3) is 4.83. The van der Waals surface area contributed by atoms with Crippen LogP contribution in [0, 0.1) is 0 Å². The highest BCUT2D eigenvalue weighted by molar-refractivity contribution is 7.89. The van der Waals surface area contributed by atoms with Crippen LogP contribution >= 0.6 is 0 Å². The molecule has 26 heavy (non-hydrogen) atoms. The predicted molar refractivity (Wildman–Crippen MR) is 102 cm³/mol. The van der Waals surface area contributed by atoms with Crippen molar-refractivity contribution in [3.05, 3.63) is 60.2 Å². The van der Waals surface area contributed by atoms with Crippen LogP contribution in [0.15, 0.2) is 59.5 Å². The van der Waals surface area contributed by atoms with Crippen molar-refractivity contribution in [2.24, 2.45) is 0 Å². The lowest BCUT2D eigenvalue weighted by molar-refractivity contribution is 0.222. The van der Waals surface area contributed by atoms with E-state index in [4.69, 9.17) is 0 Å². The summed E-state index contributed by atoms with van der Waals surface area (Å²) in [6.07, 6.45) is 2.68. The number of urea groups is 1. The zero-order chi connectivity index (χ0) is 18.4. The van der Waals surface area contributed by atoms with Crippen molar-refractivity contribution in [2.45, 2.75) is 24.2 Å². The first-order valence-corrected chi connectivity index (χ1v) is 10.2. The molecule has 0 radical (unpaired) electrons. The fourth-order valence-corrected chi connectivity index (χ4v) is 3.93. The molecule has 1 aliphatic rings. The number of nitrogens with zero attached hydrogens (tertiary/aromatic N) is 1. The number of nitrogens with one attached hydrogen (secondary N) is 2. The minimum absolute atomic E-state index is 0.140. The normalized spacial score (nSPS) is 14.4. The molecule has 0 unspecified atom stereocenters. The molecule has 138 valence electrons. The highest BCUT2D eigenvalue weighted by Crippen LogP contribution is 2.16. The number of benzene rings is 2. The van der Waals surface area contributed by atoms with Gasteiger partial charge in [-0.05, 0) is 49.1 Å². The molecule has 0 aliphatic carbocycles. The Morgan fingerprint density at radius 2 is 1.62 bits per heavy atom. The summed E-state index contributed by atoms with van der Waals surface area (Å²) >= 11 is 0. The van der Waals surface area contributed by atoms with Crippen molar-refractivity contribution < 1.29 is 13.2 Å². The number of hydrogen-bond donors (Lipinski definition) is 2. The molecule has 6 nitrogen and oxygen atoms in total. The number of amides is 2. The minimum atomic E-state index is -3.56. The Balaban J connectivity index is 1.55. The van der Waals surface area contributed by atoms with Crippen LogP contribution in [0.4, 0.5) is 10.5 Å². The quantitative estimate of drug-likeness (QED) is 0.817. The van der Waals surface area contributed by atoms with E-state index in [-0.39, 0.29) is 10.9 Å². The van der Waals surface area contributed by atoms with Crippen molar-refractivity contribution in [3.8, 4) is 0 Å². The summed E-state index contributed by atoms with van der Waals surface area (Å²) < 4.78 is 27.3. The molecular weight excluding hydrogens is 350 g/mol. The zero-order valence-electron chi connectivity index (χ0n) is 14.5. The number of rotatable bonds is 6. The van der Waals surface area contributed by atoms with Gasteiger partial charge in [-0.2, -0.15) is 0 Å². The van der Waals surface area contributed by atoms with Gasteiger partial charge in [0.05, 0.1) is 4.90 Å². The third-order valence-corrected chi connectivity index (χ3v) is 5.83. The van der Waals surface area contributed by atoms with Crippen LogP contribution in [-0.2, 0) is 16.4 Å². The van der Waals surface area contributed by atoms with E-state index in [2.05, 4.69) is 10.0 Å². The van der Waals surface area contributed by atoms with Crippen LogP contribution in [-0.4, -0.2) is 39.0 Å². The molecule has 1 aliphatic heterocycles. The first kappa shape index (κ1) is 18.4. The number of carbonyl (C=O) groups is 1. The van der Waals surface area contributed by atoms with Crippen LogP contribution in [0.1, 0.15) is 18.4 Å². The Morgan fingerprint density at radius 3 is 2.27 bits per heavy atom. The van der Waals surface area contributed by atoms with Gasteiger partial charge in [-0.1, -0.05) is 30.3 Å². The molecule has 3 rings (SSSR count). The van der Waals surface area contributed by atoms with Crippen molar-refractivity contribution in [1.29, 1.82) is 0 Å². The first-order valence-electron chi connectivity index (χ1n) is 8.74. The molecule has 0 bridgehead atoms. The van der Waals surface area contributed by atoms with E-state index in [1.54, 1.807) is 17.0 Å². The summed E-state index contributed by atoms with van der Waals surface area (Å²) in [5, 5.41) is 2.80. The first-order chi connectivity index (χ1) is 12.5. The van der Waals surface area contributed by atoms with E-state index in [0.717, 1.165) is 31.5 Å². The largest absolute Gasteiger partial charge is 0.325 e. The Bertz CT molecular complexity index is 830. The lowest BCUT2D eigenvalue weighted by Gasteiger charge is -2.16. The summed E-state index contributed by atoms with van der Waals surface area (Å²) in [7, 11) is -3.56. The second kappa shape index (κ2) is 8.33. The molecule has 1 fully saturated rings. The molecule has 0 aromatic heterocycles. The molecular formula is C19H23N3O3S. The fourth-order valence-electron chi connectivity index (χ4n) is 2.90. The monoisotopic (exact) mass is 373 g/mol. The number of hydrogen-bond acceptors (Lipinski definition) is 3. The van der Waals surface area contributed by atoms with Crippen molar-refractivity contribution in [1.82, 2.24) is 9.62 Å². The molecule has 2 aromatic carbocycles. The lowest BCUT2D eigenvalue weighted by Crippen LogP contribution is -2.32. The molecule has 1 saturated heterocycles. The van der Waals surface area contributed by atoms with Gasteiger partial charge >= 0.3 is 6.03 Å². The SMILES string of the molecule is O=C(Nc1ccc(S(=O)(=O)NCCc2ccccc2)cc1)N1CCCC1. The average molecular weight is 373 g/mol. The maximum absolute atomic E-state index is 12.4. The van der Waals surface area contributed by atoms with Crippen LogP contribution in [0.5, 0.6) is 0 Å². The van der Waals surface area contributed by atoms with E-state index >= 15 is 0 Å². The molecule has 0 saturated carbocycles. The van der Waals surface area contributed by atoms with Crippen LogP contribution in [0.2, 0.25) is 0 Å². The van der Waals surface area contributed by atoms with E-state index in [1.807, 2.05) is 30.3 Å². The van der Waals surface area contributed by atoms with Gasteiger partial charge in [0.25, 0.3) is 0 Å². The molecule has 0 spiro atoms. The van der Waals surface area contributed by atoms with E-state index in [1.165, 1.54) is 12.1 Å². The smallest absolute Gasteiger partial charge is 0.321 e. The van der Waals surface area contributed by atoms with E-state index in [9.17, 15) is 13.2 Å². The summed E-state index contributed by atoms with van der Waals surface area (Å²) in [6, 6.07) is 15.8. The van der Waals surface area contributed by atoms with E-state index in [0.29, 0.717) is 18.7 Å². The highest BCUT2D eigenvalue weighted by Gasteiger charge is 2.18. The van der Waals surface area contributed by atoms with Crippen LogP contribution < -0.4 is 10.0 Å². The van der Waals surface area contributed by atoms with Gasteiger partial charge in [0.2, 0.25) is 10.0 Å². The Hall–Kier alpha value is -2.38. The Labute approximate surface area is 154 Å². The number of sulfonamides is 1. The topological polar surface area (TPSA) is 78.5 Å². The van der Waals surface area contributed by atoms with E-state index < -0.39 is 10.0 Å².